The topological polar surface area (TPSA) is 85.1 Å². The molecule has 3 aromatic rings. The number of hydrogen-bond acceptors (Lipinski definition) is 7. The molecule has 1 aromatic carbocycles. The van der Waals surface area contributed by atoms with E-state index in [1.165, 1.54) is 0 Å². The van der Waals surface area contributed by atoms with E-state index < -0.39 is 0 Å². The lowest BCUT2D eigenvalue weighted by Crippen LogP contribution is -2.09. The van der Waals surface area contributed by atoms with Gasteiger partial charge in [-0.15, -0.1) is 0 Å². The molecule has 7 nitrogen and oxygen atoms in total. The minimum absolute atomic E-state index is 0.258. The highest BCUT2D eigenvalue weighted by molar-refractivity contribution is 9.10. The fraction of sp³-hybridized carbons (Fsp3) is 0.188. The first-order chi connectivity index (χ1) is 11.7. The van der Waals surface area contributed by atoms with Gasteiger partial charge in [0.2, 0.25) is 11.9 Å². The van der Waals surface area contributed by atoms with Crippen molar-refractivity contribution in [3.8, 4) is 6.01 Å². The average molecular weight is 390 g/mol. The molecule has 0 saturated heterocycles. The van der Waals surface area contributed by atoms with Crippen LogP contribution in [0, 0.1) is 0 Å². The van der Waals surface area contributed by atoms with Crippen molar-refractivity contribution in [2.24, 2.45) is 0 Å². The Hall–Kier alpha value is -2.61. The molecule has 2 aromatic heterocycles. The lowest BCUT2D eigenvalue weighted by Gasteiger charge is -2.09. The lowest BCUT2D eigenvalue weighted by molar-refractivity contribution is 0.312. The Kier molecular flexibility index (Phi) is 5.27. The van der Waals surface area contributed by atoms with Crippen molar-refractivity contribution in [1.82, 2.24) is 15.0 Å². The van der Waals surface area contributed by atoms with Gasteiger partial charge in [0, 0.05) is 10.2 Å². The molecule has 0 aliphatic heterocycles. The van der Waals surface area contributed by atoms with Crippen LogP contribution in [0.25, 0.3) is 0 Å². The lowest BCUT2D eigenvalue weighted by atomic mass is 10.3. The van der Waals surface area contributed by atoms with Gasteiger partial charge in [-0.3, -0.25) is 0 Å². The van der Waals surface area contributed by atoms with Gasteiger partial charge in [-0.05, 0) is 43.3 Å². The van der Waals surface area contributed by atoms with Gasteiger partial charge in [-0.2, -0.15) is 15.0 Å². The summed E-state index contributed by atoms with van der Waals surface area (Å²) < 4.78 is 11.7. The van der Waals surface area contributed by atoms with Gasteiger partial charge in [0.05, 0.1) is 19.4 Å². The first-order valence-corrected chi connectivity index (χ1v) is 8.20. The van der Waals surface area contributed by atoms with Crippen LogP contribution in [0.1, 0.15) is 12.7 Å². The molecule has 0 atom stereocenters. The minimum atomic E-state index is 0.258. The van der Waals surface area contributed by atoms with Gasteiger partial charge in [-0.1, -0.05) is 15.9 Å². The van der Waals surface area contributed by atoms with Crippen LogP contribution in [0.3, 0.4) is 0 Å². The Morgan fingerprint density at radius 3 is 2.58 bits per heavy atom. The van der Waals surface area contributed by atoms with E-state index >= 15 is 0 Å². The predicted molar refractivity (Wildman–Crippen MR) is 94.5 cm³/mol. The summed E-state index contributed by atoms with van der Waals surface area (Å²) in [5.74, 6) is 1.60. The van der Waals surface area contributed by atoms with E-state index in [1.54, 1.807) is 6.26 Å². The fourth-order valence-electron chi connectivity index (χ4n) is 1.93. The zero-order valence-electron chi connectivity index (χ0n) is 13.0. The number of ether oxygens (including phenoxy) is 1. The third kappa shape index (κ3) is 4.45. The Morgan fingerprint density at radius 1 is 1.08 bits per heavy atom. The van der Waals surface area contributed by atoms with E-state index in [1.807, 2.05) is 43.3 Å². The zero-order chi connectivity index (χ0) is 16.8. The summed E-state index contributed by atoms with van der Waals surface area (Å²) in [7, 11) is 0. The third-order valence-electron chi connectivity index (χ3n) is 2.99. The molecule has 8 heteroatoms. The molecule has 0 spiro atoms. The first kappa shape index (κ1) is 16.3. The highest BCUT2D eigenvalue weighted by atomic mass is 79.9. The number of hydrogen-bond donors (Lipinski definition) is 2. The average Bonchev–Trinajstić information content (AvgIpc) is 3.09. The van der Waals surface area contributed by atoms with Crippen molar-refractivity contribution in [3.05, 3.63) is 52.9 Å². The van der Waals surface area contributed by atoms with Gasteiger partial charge in [-0.25, -0.2) is 0 Å². The van der Waals surface area contributed by atoms with Crippen LogP contribution < -0.4 is 15.4 Å². The van der Waals surface area contributed by atoms with E-state index in [-0.39, 0.29) is 6.01 Å². The zero-order valence-corrected chi connectivity index (χ0v) is 14.6. The number of benzene rings is 1. The van der Waals surface area contributed by atoms with E-state index in [0.29, 0.717) is 25.0 Å². The molecule has 0 aliphatic carbocycles. The van der Waals surface area contributed by atoms with Crippen molar-refractivity contribution in [1.29, 1.82) is 0 Å². The Morgan fingerprint density at radius 2 is 1.88 bits per heavy atom. The monoisotopic (exact) mass is 389 g/mol. The molecule has 0 saturated carbocycles. The molecule has 0 radical (unpaired) electrons. The number of nitrogens with one attached hydrogen (secondary N) is 2. The van der Waals surface area contributed by atoms with E-state index in [4.69, 9.17) is 9.15 Å². The Balaban J connectivity index is 1.77. The predicted octanol–water partition coefficient (Wildman–Crippen LogP) is 3.98. The molecule has 2 heterocycles. The fourth-order valence-corrected chi connectivity index (χ4v) is 2.19. The number of rotatable bonds is 7. The maximum atomic E-state index is 5.41. The van der Waals surface area contributed by atoms with E-state index in [2.05, 4.69) is 41.5 Å². The Labute approximate surface area is 147 Å². The summed E-state index contributed by atoms with van der Waals surface area (Å²) in [5.41, 5.74) is 0.865. The number of furan rings is 1. The van der Waals surface area contributed by atoms with Crippen LogP contribution >= 0.6 is 15.9 Å². The Bertz CT molecular complexity index is 778. The second-order valence-corrected chi connectivity index (χ2v) is 5.68. The van der Waals surface area contributed by atoms with Gasteiger partial charge in [0.15, 0.2) is 0 Å². The highest BCUT2D eigenvalue weighted by Crippen LogP contribution is 2.19. The molecule has 2 N–H and O–H groups in total. The molecule has 0 amide bonds. The van der Waals surface area contributed by atoms with Crippen LogP contribution in [-0.4, -0.2) is 21.6 Å². The van der Waals surface area contributed by atoms with Crippen molar-refractivity contribution in [3.63, 3.8) is 0 Å². The SMILES string of the molecule is CCOc1nc(NCc2ccco2)nc(Nc2ccc(Br)cc2)n1. The number of aromatic nitrogens is 3. The quantitative estimate of drug-likeness (QED) is 0.631. The highest BCUT2D eigenvalue weighted by Gasteiger charge is 2.08. The maximum Gasteiger partial charge on any atom is 0.323 e. The normalized spacial score (nSPS) is 10.4. The largest absolute Gasteiger partial charge is 0.467 e. The summed E-state index contributed by atoms with van der Waals surface area (Å²) in [5, 5.41) is 6.23. The van der Waals surface area contributed by atoms with Gasteiger partial charge in [0.1, 0.15) is 5.76 Å². The van der Waals surface area contributed by atoms with Crippen molar-refractivity contribution in [2.45, 2.75) is 13.5 Å². The smallest absolute Gasteiger partial charge is 0.323 e. The van der Waals surface area contributed by atoms with Crippen molar-refractivity contribution in [2.75, 3.05) is 17.2 Å². The summed E-state index contributed by atoms with van der Waals surface area (Å²) in [6, 6.07) is 11.7. The molecular formula is C16H16BrN5O2. The second-order valence-electron chi connectivity index (χ2n) is 4.76. The first-order valence-electron chi connectivity index (χ1n) is 7.40. The minimum Gasteiger partial charge on any atom is -0.467 e. The number of anilines is 3. The molecule has 3 rings (SSSR count). The van der Waals surface area contributed by atoms with Crippen LogP contribution in [0.2, 0.25) is 0 Å². The summed E-state index contributed by atoms with van der Waals surface area (Å²) in [4.78, 5) is 12.8. The maximum absolute atomic E-state index is 5.41. The number of halogens is 1. The summed E-state index contributed by atoms with van der Waals surface area (Å²) in [6.07, 6.45) is 1.62. The van der Waals surface area contributed by atoms with Crippen LogP contribution in [0.15, 0.2) is 51.6 Å². The van der Waals surface area contributed by atoms with Gasteiger partial charge >= 0.3 is 6.01 Å². The van der Waals surface area contributed by atoms with Crippen LogP contribution in [0.5, 0.6) is 6.01 Å². The molecule has 0 fully saturated rings. The standard InChI is InChI=1S/C16H16BrN5O2/c1-2-23-16-21-14(18-10-13-4-3-9-24-13)20-15(22-16)19-12-7-5-11(17)6-8-12/h3-9H,2,10H2,1H3,(H2,18,19,20,21,22). The van der Waals surface area contributed by atoms with Crippen molar-refractivity contribution >= 4 is 33.5 Å². The molecular weight excluding hydrogens is 374 g/mol. The number of nitrogens with zero attached hydrogens (tertiary/aromatic N) is 3. The van der Waals surface area contributed by atoms with E-state index in [9.17, 15) is 0 Å². The molecule has 0 aliphatic rings. The van der Waals surface area contributed by atoms with Crippen LogP contribution in [0.4, 0.5) is 17.6 Å². The summed E-state index contributed by atoms with van der Waals surface area (Å²) >= 11 is 3.41. The van der Waals surface area contributed by atoms with Crippen LogP contribution in [-0.2, 0) is 6.54 Å². The van der Waals surface area contributed by atoms with Gasteiger partial charge in [0.25, 0.3) is 0 Å². The molecule has 0 bridgehead atoms. The molecule has 0 unspecified atom stereocenters. The van der Waals surface area contributed by atoms with Gasteiger partial charge < -0.3 is 19.8 Å². The van der Waals surface area contributed by atoms with Crippen molar-refractivity contribution < 1.29 is 9.15 Å². The molecule has 124 valence electrons. The second kappa shape index (κ2) is 7.78. The molecule has 24 heavy (non-hydrogen) atoms. The summed E-state index contributed by atoms with van der Waals surface area (Å²) in [6.45, 7) is 2.82. The third-order valence-corrected chi connectivity index (χ3v) is 3.52. The van der Waals surface area contributed by atoms with E-state index in [0.717, 1.165) is 15.9 Å².